The van der Waals surface area contributed by atoms with Crippen molar-refractivity contribution in [3.8, 4) is 5.75 Å². The molecule has 19 heavy (non-hydrogen) atoms. The zero-order valence-corrected chi connectivity index (χ0v) is 11.0. The summed E-state index contributed by atoms with van der Waals surface area (Å²) in [5.41, 5.74) is -0.715. The highest BCUT2D eigenvalue weighted by molar-refractivity contribution is 5.89. The lowest BCUT2D eigenvalue weighted by atomic mass is 9.86. The zero-order valence-electron chi connectivity index (χ0n) is 11.0. The molecular formula is C13H15NO5. The molecule has 1 aliphatic rings. The predicted molar refractivity (Wildman–Crippen MR) is 65.2 cm³/mol. The summed E-state index contributed by atoms with van der Waals surface area (Å²) >= 11 is 0. The quantitative estimate of drug-likeness (QED) is 0.755. The number of rotatable bonds is 3. The number of hydroxylamine groups is 2. The molecule has 0 N–H and O–H groups in total. The molecule has 102 valence electrons. The third-order valence-corrected chi connectivity index (χ3v) is 3.26. The highest BCUT2D eigenvalue weighted by Crippen LogP contribution is 2.44. The van der Waals surface area contributed by atoms with Crippen molar-refractivity contribution in [2.24, 2.45) is 0 Å². The van der Waals surface area contributed by atoms with Crippen LogP contribution in [0.25, 0.3) is 0 Å². The van der Waals surface area contributed by atoms with Crippen LogP contribution in [-0.2, 0) is 24.6 Å². The minimum absolute atomic E-state index is 0.177. The van der Waals surface area contributed by atoms with Crippen molar-refractivity contribution in [2.45, 2.75) is 12.0 Å². The van der Waals surface area contributed by atoms with Crippen LogP contribution in [0, 0.1) is 0 Å². The average Bonchev–Trinajstić information content (AvgIpc) is 2.71. The first-order valence-electron chi connectivity index (χ1n) is 5.72. The summed E-state index contributed by atoms with van der Waals surface area (Å²) in [5.74, 6) is -0.554. The van der Waals surface area contributed by atoms with Gasteiger partial charge in [0.2, 0.25) is 0 Å². The highest BCUT2D eigenvalue weighted by atomic mass is 16.7. The maximum absolute atomic E-state index is 12.2. The van der Waals surface area contributed by atoms with Gasteiger partial charge in [-0.2, -0.15) is 0 Å². The molecule has 0 aliphatic carbocycles. The van der Waals surface area contributed by atoms with Gasteiger partial charge in [-0.15, -0.1) is 5.06 Å². The normalized spacial score (nSPS) is 21.4. The third-order valence-electron chi connectivity index (χ3n) is 3.26. The average molecular weight is 265 g/mol. The van der Waals surface area contributed by atoms with E-state index in [2.05, 4.69) is 4.74 Å². The summed E-state index contributed by atoms with van der Waals surface area (Å²) < 4.78 is 9.51. The van der Waals surface area contributed by atoms with Crippen molar-refractivity contribution in [1.82, 2.24) is 5.06 Å². The molecule has 1 unspecified atom stereocenters. The van der Waals surface area contributed by atoms with Crippen molar-refractivity contribution >= 4 is 11.9 Å². The Labute approximate surface area is 110 Å². The second kappa shape index (κ2) is 4.89. The van der Waals surface area contributed by atoms with Gasteiger partial charge in [0.15, 0.2) is 11.3 Å². The fraction of sp³-hybridized carbons (Fsp3) is 0.385. The SMILES string of the molecule is COC(=O)CC1(C(=O)OC)c2ccccc2ON1C. The Morgan fingerprint density at radius 2 is 1.95 bits per heavy atom. The fourth-order valence-electron chi connectivity index (χ4n) is 2.25. The molecule has 0 fully saturated rings. The van der Waals surface area contributed by atoms with Gasteiger partial charge in [0, 0.05) is 12.6 Å². The standard InChI is InChI=1S/C13H15NO5/c1-14-13(12(16)18-3,8-11(15)17-2)9-6-4-5-7-10(9)19-14/h4-7H,8H2,1-3H3. The summed E-state index contributed by atoms with van der Waals surface area (Å²) in [7, 11) is 4.13. The Kier molecular flexibility index (Phi) is 3.44. The first kappa shape index (κ1) is 13.4. The van der Waals surface area contributed by atoms with E-state index in [1.54, 1.807) is 31.3 Å². The first-order valence-corrected chi connectivity index (χ1v) is 5.72. The number of ether oxygens (including phenoxy) is 2. The fourth-order valence-corrected chi connectivity index (χ4v) is 2.25. The van der Waals surface area contributed by atoms with E-state index < -0.39 is 17.5 Å². The van der Waals surface area contributed by atoms with E-state index >= 15 is 0 Å². The van der Waals surface area contributed by atoms with Crippen molar-refractivity contribution in [2.75, 3.05) is 21.3 Å². The van der Waals surface area contributed by atoms with Gasteiger partial charge < -0.3 is 14.3 Å². The molecular weight excluding hydrogens is 250 g/mol. The second-order valence-corrected chi connectivity index (χ2v) is 4.19. The van der Waals surface area contributed by atoms with Crippen molar-refractivity contribution in [3.63, 3.8) is 0 Å². The molecule has 6 nitrogen and oxygen atoms in total. The van der Waals surface area contributed by atoms with Gasteiger partial charge in [-0.25, -0.2) is 4.79 Å². The predicted octanol–water partition coefficient (Wildman–Crippen LogP) is 0.857. The van der Waals surface area contributed by atoms with E-state index in [1.165, 1.54) is 19.3 Å². The van der Waals surface area contributed by atoms with Crippen molar-refractivity contribution in [1.29, 1.82) is 0 Å². The topological polar surface area (TPSA) is 65.1 Å². The number of methoxy groups -OCH3 is 2. The van der Waals surface area contributed by atoms with Gasteiger partial charge in [0.05, 0.1) is 20.6 Å². The monoisotopic (exact) mass is 265 g/mol. The van der Waals surface area contributed by atoms with E-state index in [9.17, 15) is 9.59 Å². The number of esters is 2. The van der Waals surface area contributed by atoms with E-state index in [-0.39, 0.29) is 6.42 Å². The van der Waals surface area contributed by atoms with E-state index in [1.807, 2.05) is 0 Å². The second-order valence-electron chi connectivity index (χ2n) is 4.19. The van der Waals surface area contributed by atoms with Crippen LogP contribution in [0.2, 0.25) is 0 Å². The lowest BCUT2D eigenvalue weighted by molar-refractivity contribution is -0.179. The molecule has 1 heterocycles. The van der Waals surface area contributed by atoms with Crippen LogP contribution >= 0.6 is 0 Å². The minimum atomic E-state index is -1.31. The Bertz CT molecular complexity index is 516. The molecule has 0 aromatic heterocycles. The molecule has 0 saturated heterocycles. The summed E-state index contributed by atoms with van der Waals surface area (Å²) in [5, 5.41) is 1.33. The lowest BCUT2D eigenvalue weighted by Crippen LogP contribution is -2.49. The number of nitrogens with zero attached hydrogens (tertiary/aromatic N) is 1. The summed E-state index contributed by atoms with van der Waals surface area (Å²) in [6, 6.07) is 7.03. The summed E-state index contributed by atoms with van der Waals surface area (Å²) in [4.78, 5) is 29.4. The molecule has 0 amide bonds. The maximum Gasteiger partial charge on any atom is 0.335 e. The van der Waals surface area contributed by atoms with Crippen molar-refractivity contribution in [3.05, 3.63) is 29.8 Å². The Morgan fingerprint density at radius 3 is 2.58 bits per heavy atom. The summed E-state index contributed by atoms with van der Waals surface area (Å²) in [6.45, 7) is 0. The molecule has 1 aromatic rings. The van der Waals surface area contributed by atoms with Crippen molar-refractivity contribution < 1.29 is 23.9 Å². The van der Waals surface area contributed by atoms with E-state index in [0.29, 0.717) is 11.3 Å². The molecule has 0 bridgehead atoms. The van der Waals surface area contributed by atoms with Gasteiger partial charge in [-0.3, -0.25) is 4.79 Å². The molecule has 2 rings (SSSR count). The first-order chi connectivity index (χ1) is 9.06. The van der Waals surface area contributed by atoms with Crippen LogP contribution in [0.4, 0.5) is 0 Å². The molecule has 6 heteroatoms. The number of para-hydroxylation sites is 1. The number of likely N-dealkylation sites (N-methyl/N-ethyl adjacent to an activating group) is 1. The Morgan fingerprint density at radius 1 is 1.26 bits per heavy atom. The molecule has 0 radical (unpaired) electrons. The Balaban J connectivity index is 2.54. The molecule has 0 saturated carbocycles. The van der Waals surface area contributed by atoms with Crippen LogP contribution in [0.5, 0.6) is 5.75 Å². The molecule has 1 aliphatic heterocycles. The van der Waals surface area contributed by atoms with Gasteiger partial charge in [-0.05, 0) is 6.07 Å². The summed E-state index contributed by atoms with van der Waals surface area (Å²) in [6.07, 6.45) is -0.177. The molecule has 1 aromatic carbocycles. The smallest absolute Gasteiger partial charge is 0.335 e. The molecule has 1 atom stereocenters. The number of benzene rings is 1. The number of fused-ring (bicyclic) bond motifs is 1. The lowest BCUT2D eigenvalue weighted by Gasteiger charge is -2.30. The van der Waals surface area contributed by atoms with Crippen LogP contribution in [-0.4, -0.2) is 38.3 Å². The largest absolute Gasteiger partial charge is 0.469 e. The van der Waals surface area contributed by atoms with Crippen LogP contribution in [0.15, 0.2) is 24.3 Å². The minimum Gasteiger partial charge on any atom is -0.469 e. The number of hydrogen-bond donors (Lipinski definition) is 0. The van der Waals surface area contributed by atoms with Gasteiger partial charge in [0.25, 0.3) is 0 Å². The number of carbonyl (C=O) groups is 2. The van der Waals surface area contributed by atoms with E-state index in [4.69, 9.17) is 9.57 Å². The van der Waals surface area contributed by atoms with Crippen LogP contribution in [0.1, 0.15) is 12.0 Å². The highest BCUT2D eigenvalue weighted by Gasteiger charge is 2.54. The zero-order chi connectivity index (χ0) is 14.0. The third kappa shape index (κ3) is 1.94. The number of hydrogen-bond acceptors (Lipinski definition) is 6. The van der Waals surface area contributed by atoms with Gasteiger partial charge in [-0.1, -0.05) is 18.2 Å². The Hall–Kier alpha value is -2.08. The number of carbonyl (C=O) groups excluding carboxylic acids is 2. The van der Waals surface area contributed by atoms with Gasteiger partial charge >= 0.3 is 11.9 Å². The van der Waals surface area contributed by atoms with E-state index in [0.717, 1.165) is 0 Å². The van der Waals surface area contributed by atoms with Crippen LogP contribution < -0.4 is 4.84 Å². The maximum atomic E-state index is 12.2. The molecule has 0 spiro atoms. The van der Waals surface area contributed by atoms with Gasteiger partial charge in [0.1, 0.15) is 0 Å². The van der Waals surface area contributed by atoms with Crippen LogP contribution in [0.3, 0.4) is 0 Å².